The number of carbonyl (C=O) groups excluding carboxylic acids is 2. The molecule has 0 aliphatic rings. The molecule has 1 atom stereocenters. The third-order valence-corrected chi connectivity index (χ3v) is 8.78. The third kappa shape index (κ3) is 7.80. The minimum atomic E-state index is -4.25. The lowest BCUT2D eigenvalue weighted by Gasteiger charge is -2.32. The Hall–Kier alpha value is -2.49. The Morgan fingerprint density at radius 1 is 0.897 bits per heavy atom. The molecule has 3 aromatic carbocycles. The molecule has 0 radical (unpaired) electrons. The Morgan fingerprint density at radius 3 is 2.05 bits per heavy atom. The van der Waals surface area contributed by atoms with E-state index in [0.717, 1.165) is 4.31 Å². The fourth-order valence-corrected chi connectivity index (χ4v) is 6.21. The van der Waals surface area contributed by atoms with Crippen molar-refractivity contribution in [1.82, 2.24) is 10.2 Å². The smallest absolute Gasteiger partial charge is 0.264 e. The molecule has 3 rings (SSSR count). The molecular formula is C27H27Cl4N3O4S. The van der Waals surface area contributed by atoms with Gasteiger partial charge in [0.1, 0.15) is 12.6 Å². The number of nitrogens with zero attached hydrogens (tertiary/aromatic N) is 2. The van der Waals surface area contributed by atoms with Crippen molar-refractivity contribution in [3.63, 3.8) is 0 Å². The number of amides is 2. The van der Waals surface area contributed by atoms with Crippen LogP contribution in [0.3, 0.4) is 0 Å². The van der Waals surface area contributed by atoms with Crippen LogP contribution >= 0.6 is 46.4 Å². The summed E-state index contributed by atoms with van der Waals surface area (Å²) in [5, 5.41) is 3.75. The fourth-order valence-electron chi connectivity index (χ4n) is 3.76. The Morgan fingerprint density at radius 2 is 1.49 bits per heavy atom. The predicted octanol–water partition coefficient (Wildman–Crippen LogP) is 6.44. The van der Waals surface area contributed by atoms with Crippen LogP contribution in [0.1, 0.15) is 25.8 Å². The second-order valence-electron chi connectivity index (χ2n) is 8.64. The first kappa shape index (κ1) is 31.0. The summed E-state index contributed by atoms with van der Waals surface area (Å²) < 4.78 is 28.5. The average molecular weight is 631 g/mol. The first-order valence-corrected chi connectivity index (χ1v) is 14.9. The van der Waals surface area contributed by atoms with Gasteiger partial charge in [0.25, 0.3) is 10.0 Å². The van der Waals surface area contributed by atoms with Crippen LogP contribution in [0.5, 0.6) is 0 Å². The van der Waals surface area contributed by atoms with Gasteiger partial charge in [0.15, 0.2) is 0 Å². The number of carbonyl (C=O) groups is 2. The van der Waals surface area contributed by atoms with Crippen molar-refractivity contribution in [2.45, 2.75) is 37.8 Å². The van der Waals surface area contributed by atoms with Gasteiger partial charge in [-0.05, 0) is 55.8 Å². The van der Waals surface area contributed by atoms with Crippen LogP contribution in [-0.2, 0) is 26.2 Å². The molecule has 39 heavy (non-hydrogen) atoms. The molecule has 0 aliphatic heterocycles. The van der Waals surface area contributed by atoms with Gasteiger partial charge in [-0.15, -0.1) is 0 Å². The minimum absolute atomic E-state index is 0.0386. The number of anilines is 1. The monoisotopic (exact) mass is 629 g/mol. The first-order chi connectivity index (χ1) is 18.4. The van der Waals surface area contributed by atoms with Crippen LogP contribution in [0, 0.1) is 0 Å². The Balaban J connectivity index is 2.08. The van der Waals surface area contributed by atoms with E-state index in [4.69, 9.17) is 46.4 Å². The van der Waals surface area contributed by atoms with Crippen LogP contribution in [0.2, 0.25) is 20.1 Å². The second kappa shape index (κ2) is 13.7. The summed E-state index contributed by atoms with van der Waals surface area (Å²) in [5.41, 5.74) is 0.510. The lowest BCUT2D eigenvalue weighted by molar-refractivity contribution is -0.139. The number of halogens is 4. The summed E-state index contributed by atoms with van der Waals surface area (Å²) in [6.45, 7) is 3.09. The maximum Gasteiger partial charge on any atom is 0.264 e. The van der Waals surface area contributed by atoms with Crippen molar-refractivity contribution >= 4 is 73.9 Å². The van der Waals surface area contributed by atoms with Crippen LogP contribution < -0.4 is 9.62 Å². The van der Waals surface area contributed by atoms with E-state index in [9.17, 15) is 18.0 Å². The van der Waals surface area contributed by atoms with Gasteiger partial charge in [0.2, 0.25) is 11.8 Å². The van der Waals surface area contributed by atoms with Crippen LogP contribution in [0.15, 0.2) is 71.6 Å². The fraction of sp³-hybridized carbons (Fsp3) is 0.259. The van der Waals surface area contributed by atoms with Gasteiger partial charge in [-0.25, -0.2) is 8.42 Å². The van der Waals surface area contributed by atoms with E-state index in [0.29, 0.717) is 28.6 Å². The Bertz CT molecular complexity index is 1400. The largest absolute Gasteiger partial charge is 0.354 e. The zero-order valence-electron chi connectivity index (χ0n) is 21.2. The zero-order chi connectivity index (χ0) is 28.7. The summed E-state index contributed by atoms with van der Waals surface area (Å²) in [6.07, 6.45) is 0.696. The van der Waals surface area contributed by atoms with Crippen molar-refractivity contribution in [3.05, 3.63) is 92.4 Å². The van der Waals surface area contributed by atoms with Gasteiger partial charge in [-0.1, -0.05) is 77.6 Å². The number of rotatable bonds is 11. The highest BCUT2D eigenvalue weighted by atomic mass is 35.5. The standard InChI is InChI=1S/C27H27Cl4N3O4S/c1-3-12-32-27(36)18(2)33(16-23-24(30)10-7-11-25(23)31)26(35)17-34(21-14-19(28)13-20(29)15-21)39(37,38)22-8-5-4-6-9-22/h4-11,13-15,18H,3,12,16-17H2,1-2H3,(H,32,36). The molecule has 0 spiro atoms. The normalized spacial score (nSPS) is 12.1. The van der Waals surface area contributed by atoms with Crippen LogP contribution in [0.25, 0.3) is 0 Å². The molecule has 1 unspecified atom stereocenters. The molecule has 0 fully saturated rings. The topological polar surface area (TPSA) is 86.8 Å². The second-order valence-corrected chi connectivity index (χ2v) is 12.2. The zero-order valence-corrected chi connectivity index (χ0v) is 25.0. The highest BCUT2D eigenvalue weighted by Crippen LogP contribution is 2.31. The summed E-state index contributed by atoms with van der Waals surface area (Å²) >= 11 is 25.1. The summed E-state index contributed by atoms with van der Waals surface area (Å²) in [4.78, 5) is 28.1. The molecule has 12 heteroatoms. The van der Waals surface area contributed by atoms with Crippen molar-refractivity contribution in [1.29, 1.82) is 0 Å². The number of benzene rings is 3. The third-order valence-electron chi connectivity index (χ3n) is 5.85. The molecule has 7 nitrogen and oxygen atoms in total. The van der Waals surface area contributed by atoms with Gasteiger partial charge >= 0.3 is 0 Å². The van der Waals surface area contributed by atoms with Gasteiger partial charge < -0.3 is 10.2 Å². The highest BCUT2D eigenvalue weighted by Gasteiger charge is 2.33. The Kier molecular flexibility index (Phi) is 10.9. The molecule has 0 saturated heterocycles. The minimum Gasteiger partial charge on any atom is -0.354 e. The molecule has 2 amide bonds. The van der Waals surface area contributed by atoms with Crippen molar-refractivity contribution in [2.24, 2.45) is 0 Å². The predicted molar refractivity (Wildman–Crippen MR) is 157 cm³/mol. The van der Waals surface area contributed by atoms with Crippen molar-refractivity contribution in [2.75, 3.05) is 17.4 Å². The summed E-state index contributed by atoms with van der Waals surface area (Å²) in [5.74, 6) is -1.07. The molecule has 3 aromatic rings. The van der Waals surface area contributed by atoms with Crippen LogP contribution in [-0.4, -0.2) is 44.3 Å². The number of hydrogen-bond acceptors (Lipinski definition) is 4. The van der Waals surface area contributed by atoms with E-state index >= 15 is 0 Å². The molecule has 0 saturated carbocycles. The van der Waals surface area contributed by atoms with E-state index in [1.807, 2.05) is 6.92 Å². The highest BCUT2D eigenvalue weighted by molar-refractivity contribution is 7.92. The molecule has 0 heterocycles. The molecule has 0 aromatic heterocycles. The average Bonchev–Trinajstić information content (AvgIpc) is 2.89. The SMILES string of the molecule is CCCNC(=O)C(C)N(Cc1c(Cl)cccc1Cl)C(=O)CN(c1cc(Cl)cc(Cl)c1)S(=O)(=O)c1ccccc1. The first-order valence-electron chi connectivity index (χ1n) is 12.0. The van der Waals surface area contributed by atoms with Gasteiger partial charge in [0, 0.05) is 38.7 Å². The quantitative estimate of drug-likeness (QED) is 0.264. The van der Waals surface area contributed by atoms with E-state index in [1.54, 1.807) is 43.3 Å². The number of sulfonamides is 1. The number of hydrogen-bond donors (Lipinski definition) is 1. The van der Waals surface area contributed by atoms with Gasteiger partial charge in [-0.3, -0.25) is 13.9 Å². The molecule has 0 aliphatic carbocycles. The maximum absolute atomic E-state index is 13.9. The lowest BCUT2D eigenvalue weighted by Crippen LogP contribution is -2.51. The maximum atomic E-state index is 13.9. The van der Waals surface area contributed by atoms with E-state index in [-0.39, 0.29) is 27.2 Å². The van der Waals surface area contributed by atoms with E-state index in [2.05, 4.69) is 5.32 Å². The summed E-state index contributed by atoms with van der Waals surface area (Å²) in [6, 6.07) is 15.8. The molecule has 208 valence electrons. The van der Waals surface area contributed by atoms with Gasteiger partial charge in [-0.2, -0.15) is 0 Å². The van der Waals surface area contributed by atoms with E-state index in [1.165, 1.54) is 35.2 Å². The summed E-state index contributed by atoms with van der Waals surface area (Å²) in [7, 11) is -4.25. The van der Waals surface area contributed by atoms with E-state index < -0.39 is 34.4 Å². The molecule has 0 bridgehead atoms. The van der Waals surface area contributed by atoms with Crippen LogP contribution in [0.4, 0.5) is 5.69 Å². The van der Waals surface area contributed by atoms with Crippen molar-refractivity contribution < 1.29 is 18.0 Å². The Labute approximate surface area is 248 Å². The van der Waals surface area contributed by atoms with Gasteiger partial charge in [0.05, 0.1) is 10.6 Å². The number of nitrogens with one attached hydrogen (secondary N) is 1. The lowest BCUT2D eigenvalue weighted by atomic mass is 10.1. The van der Waals surface area contributed by atoms with Crippen molar-refractivity contribution in [3.8, 4) is 0 Å². The molecular weight excluding hydrogens is 604 g/mol. The molecule has 1 N–H and O–H groups in total.